The number of aromatic amines is 1. The summed E-state index contributed by atoms with van der Waals surface area (Å²) in [6, 6.07) is 8.40. The van der Waals surface area contributed by atoms with Crippen LogP contribution in [0.4, 0.5) is 5.82 Å². The predicted octanol–water partition coefficient (Wildman–Crippen LogP) is 3.16. The van der Waals surface area contributed by atoms with E-state index in [1.165, 1.54) is 11.9 Å². The molecule has 0 saturated carbocycles. The predicted molar refractivity (Wildman–Crippen MR) is 82.6 cm³/mol. The average Bonchev–Trinajstić information content (AvgIpc) is 2.93. The van der Waals surface area contributed by atoms with Crippen LogP contribution in [0.25, 0.3) is 11.0 Å². The van der Waals surface area contributed by atoms with Gasteiger partial charge in [0.25, 0.3) is 0 Å². The quantitative estimate of drug-likeness (QED) is 0.705. The molecule has 0 amide bonds. The molecule has 20 heavy (non-hydrogen) atoms. The van der Waals surface area contributed by atoms with Crippen LogP contribution in [0.1, 0.15) is 12.0 Å². The number of fused-ring (bicyclic) bond motifs is 1. The van der Waals surface area contributed by atoms with E-state index in [0.29, 0.717) is 0 Å². The summed E-state index contributed by atoms with van der Waals surface area (Å²) in [5.41, 5.74) is 2.09. The van der Waals surface area contributed by atoms with E-state index in [0.717, 1.165) is 40.7 Å². The molecule has 2 aromatic heterocycles. The molecule has 5 nitrogen and oxygen atoms in total. The molecule has 0 aliphatic rings. The maximum absolute atomic E-state index is 4.25. The number of halogens is 1. The summed E-state index contributed by atoms with van der Waals surface area (Å²) in [4.78, 5) is 8.36. The topological polar surface area (TPSA) is 66.5 Å². The lowest BCUT2D eigenvalue weighted by Gasteiger charge is -2.06. The van der Waals surface area contributed by atoms with Crippen molar-refractivity contribution in [1.29, 1.82) is 0 Å². The molecule has 0 atom stereocenters. The molecule has 0 saturated heterocycles. The Kier molecular flexibility index (Phi) is 3.92. The molecule has 2 N–H and O–H groups in total. The highest BCUT2D eigenvalue weighted by atomic mass is 79.9. The van der Waals surface area contributed by atoms with E-state index in [9.17, 15) is 0 Å². The molecule has 1 aromatic carbocycles. The van der Waals surface area contributed by atoms with Crippen molar-refractivity contribution in [3.05, 3.63) is 46.8 Å². The Morgan fingerprint density at radius 3 is 3.10 bits per heavy atom. The Balaban J connectivity index is 1.56. The maximum atomic E-state index is 4.25. The van der Waals surface area contributed by atoms with Crippen LogP contribution in [0.3, 0.4) is 0 Å². The molecule has 0 spiro atoms. The fourth-order valence-electron chi connectivity index (χ4n) is 2.10. The van der Waals surface area contributed by atoms with Gasteiger partial charge in [0, 0.05) is 11.0 Å². The van der Waals surface area contributed by atoms with Crippen molar-refractivity contribution < 1.29 is 0 Å². The third kappa shape index (κ3) is 2.96. The largest absolute Gasteiger partial charge is 0.369 e. The smallest absolute Gasteiger partial charge is 0.160 e. The first-order chi connectivity index (χ1) is 9.83. The standard InChI is InChI=1S/C14H14BrN5/c15-11-5-1-3-10(7-11)4-2-6-16-13-12-8-19-20-14(12)18-9-17-13/h1,3,5,7-9H,2,4,6H2,(H2,16,17,18,19,20). The first kappa shape index (κ1) is 13.1. The maximum Gasteiger partial charge on any atom is 0.160 e. The number of anilines is 1. The van der Waals surface area contributed by atoms with Gasteiger partial charge in [0.1, 0.15) is 12.1 Å². The molecule has 0 radical (unpaired) electrons. The minimum atomic E-state index is 0.759. The normalized spacial score (nSPS) is 10.8. The number of rotatable bonds is 5. The Labute approximate surface area is 125 Å². The molecule has 0 aliphatic carbocycles. The van der Waals surface area contributed by atoms with Gasteiger partial charge in [-0.25, -0.2) is 9.97 Å². The third-order valence-corrected chi connectivity index (χ3v) is 3.56. The summed E-state index contributed by atoms with van der Waals surface area (Å²) in [6.45, 7) is 0.865. The number of benzene rings is 1. The number of aryl methyl sites for hydroxylation is 1. The molecule has 6 heteroatoms. The second kappa shape index (κ2) is 6.00. The van der Waals surface area contributed by atoms with E-state index in [2.05, 4.69) is 59.6 Å². The number of nitrogens with one attached hydrogen (secondary N) is 2. The minimum Gasteiger partial charge on any atom is -0.369 e. The molecule has 3 aromatic rings. The summed E-state index contributed by atoms with van der Waals surface area (Å²) in [6.07, 6.45) is 5.36. The second-order valence-electron chi connectivity index (χ2n) is 4.51. The number of hydrogen-bond donors (Lipinski definition) is 2. The van der Waals surface area contributed by atoms with Crippen molar-refractivity contribution in [2.75, 3.05) is 11.9 Å². The number of H-pyrrole nitrogens is 1. The van der Waals surface area contributed by atoms with Crippen LogP contribution in [0.5, 0.6) is 0 Å². The van der Waals surface area contributed by atoms with Crippen LogP contribution in [0.2, 0.25) is 0 Å². The lowest BCUT2D eigenvalue weighted by Crippen LogP contribution is -2.05. The number of hydrogen-bond acceptors (Lipinski definition) is 4. The molecule has 0 unspecified atom stereocenters. The number of aromatic nitrogens is 4. The van der Waals surface area contributed by atoms with Gasteiger partial charge in [0.15, 0.2) is 5.65 Å². The first-order valence-electron chi connectivity index (χ1n) is 6.45. The SMILES string of the molecule is Brc1cccc(CCCNc2ncnc3[nH]ncc23)c1. The van der Waals surface area contributed by atoms with Gasteiger partial charge < -0.3 is 5.32 Å². The van der Waals surface area contributed by atoms with Crippen LogP contribution >= 0.6 is 15.9 Å². The van der Waals surface area contributed by atoms with Crippen LogP contribution in [0, 0.1) is 0 Å². The zero-order chi connectivity index (χ0) is 13.8. The average molecular weight is 332 g/mol. The molecule has 102 valence electrons. The van der Waals surface area contributed by atoms with Gasteiger partial charge in [0.05, 0.1) is 11.6 Å². The summed E-state index contributed by atoms with van der Waals surface area (Å²) < 4.78 is 1.12. The zero-order valence-corrected chi connectivity index (χ0v) is 12.4. The Morgan fingerprint density at radius 2 is 2.20 bits per heavy atom. The molecule has 0 bridgehead atoms. The van der Waals surface area contributed by atoms with Crippen molar-refractivity contribution in [2.45, 2.75) is 12.8 Å². The molecule has 0 aliphatic heterocycles. The summed E-state index contributed by atoms with van der Waals surface area (Å²) in [5, 5.41) is 11.1. The van der Waals surface area contributed by atoms with Gasteiger partial charge in [-0.1, -0.05) is 28.1 Å². The summed E-state index contributed by atoms with van der Waals surface area (Å²) in [5.74, 6) is 0.831. The summed E-state index contributed by atoms with van der Waals surface area (Å²) >= 11 is 3.49. The minimum absolute atomic E-state index is 0.759. The van der Waals surface area contributed by atoms with Crippen molar-refractivity contribution >= 4 is 32.8 Å². The highest BCUT2D eigenvalue weighted by molar-refractivity contribution is 9.10. The lowest BCUT2D eigenvalue weighted by atomic mass is 10.1. The van der Waals surface area contributed by atoms with E-state index < -0.39 is 0 Å². The van der Waals surface area contributed by atoms with E-state index in [1.54, 1.807) is 6.20 Å². The Hall–Kier alpha value is -1.95. The van der Waals surface area contributed by atoms with Gasteiger partial charge >= 0.3 is 0 Å². The fraction of sp³-hybridized carbons (Fsp3) is 0.214. The highest BCUT2D eigenvalue weighted by Crippen LogP contribution is 2.16. The highest BCUT2D eigenvalue weighted by Gasteiger charge is 2.04. The van der Waals surface area contributed by atoms with Gasteiger partial charge in [-0.3, -0.25) is 5.10 Å². The molecule has 2 heterocycles. The van der Waals surface area contributed by atoms with Crippen molar-refractivity contribution in [2.24, 2.45) is 0 Å². The molecular formula is C14H14BrN5. The van der Waals surface area contributed by atoms with Crippen LogP contribution in [-0.4, -0.2) is 26.7 Å². The van der Waals surface area contributed by atoms with Gasteiger partial charge in [0.2, 0.25) is 0 Å². The van der Waals surface area contributed by atoms with Gasteiger partial charge in [-0.05, 0) is 30.5 Å². The fourth-order valence-corrected chi connectivity index (χ4v) is 2.54. The van der Waals surface area contributed by atoms with Gasteiger partial charge in [-0.15, -0.1) is 0 Å². The Morgan fingerprint density at radius 1 is 1.25 bits per heavy atom. The second-order valence-corrected chi connectivity index (χ2v) is 5.43. The van der Waals surface area contributed by atoms with E-state index in [-0.39, 0.29) is 0 Å². The van der Waals surface area contributed by atoms with Crippen LogP contribution in [0.15, 0.2) is 41.3 Å². The first-order valence-corrected chi connectivity index (χ1v) is 7.24. The monoisotopic (exact) mass is 331 g/mol. The lowest BCUT2D eigenvalue weighted by molar-refractivity contribution is 0.859. The Bertz CT molecular complexity index is 709. The van der Waals surface area contributed by atoms with E-state index >= 15 is 0 Å². The van der Waals surface area contributed by atoms with Crippen molar-refractivity contribution in [3.8, 4) is 0 Å². The molecular weight excluding hydrogens is 318 g/mol. The molecule has 0 fully saturated rings. The van der Waals surface area contributed by atoms with Crippen molar-refractivity contribution in [1.82, 2.24) is 20.2 Å². The summed E-state index contributed by atoms with van der Waals surface area (Å²) in [7, 11) is 0. The molecule has 3 rings (SSSR count). The number of nitrogens with zero attached hydrogens (tertiary/aromatic N) is 3. The van der Waals surface area contributed by atoms with Gasteiger partial charge in [-0.2, -0.15) is 5.10 Å². The van der Waals surface area contributed by atoms with Crippen LogP contribution < -0.4 is 5.32 Å². The van der Waals surface area contributed by atoms with E-state index in [4.69, 9.17) is 0 Å². The van der Waals surface area contributed by atoms with E-state index in [1.807, 2.05) is 6.07 Å². The van der Waals surface area contributed by atoms with Crippen molar-refractivity contribution in [3.63, 3.8) is 0 Å². The third-order valence-electron chi connectivity index (χ3n) is 3.07. The zero-order valence-electron chi connectivity index (χ0n) is 10.8. The van der Waals surface area contributed by atoms with Crippen LogP contribution in [-0.2, 0) is 6.42 Å².